The summed E-state index contributed by atoms with van der Waals surface area (Å²) in [4.78, 5) is 12.3. The van der Waals surface area contributed by atoms with Crippen LogP contribution in [0.5, 0.6) is 0 Å². The second kappa shape index (κ2) is 8.10. The number of ether oxygens (including phenoxy) is 1. The third-order valence-corrected chi connectivity index (χ3v) is 5.81. The largest absolute Gasteiger partial charge is 0.376 e. The zero-order valence-corrected chi connectivity index (χ0v) is 16.3. The Balaban J connectivity index is 1.66. The summed E-state index contributed by atoms with van der Waals surface area (Å²) in [5.74, 6) is -0.239. The van der Waals surface area contributed by atoms with Crippen molar-refractivity contribution in [3.05, 3.63) is 59.2 Å². The first-order chi connectivity index (χ1) is 12.8. The normalized spacial score (nSPS) is 16.9. The van der Waals surface area contributed by atoms with Gasteiger partial charge in [0.15, 0.2) is 0 Å². The first kappa shape index (κ1) is 19.4. The van der Waals surface area contributed by atoms with Gasteiger partial charge in [0, 0.05) is 24.4 Å². The fourth-order valence-corrected chi connectivity index (χ4v) is 4.19. The number of hydrogen-bond acceptors (Lipinski definition) is 4. The maximum absolute atomic E-state index is 12.6. The van der Waals surface area contributed by atoms with Crippen LogP contribution in [0.2, 0.25) is 0 Å². The lowest BCUT2D eigenvalue weighted by atomic mass is 10.1. The molecule has 0 saturated carbocycles. The van der Waals surface area contributed by atoms with Gasteiger partial charge in [0.05, 0.1) is 11.0 Å². The Morgan fingerprint density at radius 1 is 1.11 bits per heavy atom. The fourth-order valence-electron chi connectivity index (χ4n) is 3.15. The lowest BCUT2D eigenvalue weighted by molar-refractivity contribution is 0.0857. The molecule has 1 aliphatic heterocycles. The van der Waals surface area contributed by atoms with Crippen LogP contribution in [0.4, 0.5) is 5.69 Å². The standard InChI is InChI=1S/C20H24N2O4S/c1-14-10-15(2)12-17(11-14)22-27(24,25)19-7-5-16(6-8-19)20(23)21-13-18-4-3-9-26-18/h5-8,10-12,18,22H,3-4,9,13H2,1-2H3,(H,21,23). The van der Waals surface area contributed by atoms with E-state index < -0.39 is 10.0 Å². The van der Waals surface area contributed by atoms with E-state index in [2.05, 4.69) is 10.0 Å². The zero-order valence-electron chi connectivity index (χ0n) is 15.5. The molecule has 1 fully saturated rings. The number of sulfonamides is 1. The maximum atomic E-state index is 12.6. The van der Waals surface area contributed by atoms with Gasteiger partial charge >= 0.3 is 0 Å². The van der Waals surface area contributed by atoms with Crippen molar-refractivity contribution in [2.45, 2.75) is 37.7 Å². The maximum Gasteiger partial charge on any atom is 0.261 e. The highest BCUT2D eigenvalue weighted by atomic mass is 32.2. The molecule has 0 spiro atoms. The summed E-state index contributed by atoms with van der Waals surface area (Å²) in [6.45, 7) is 5.03. The van der Waals surface area contributed by atoms with Gasteiger partial charge in [-0.1, -0.05) is 6.07 Å². The van der Waals surface area contributed by atoms with E-state index >= 15 is 0 Å². The molecule has 1 aliphatic rings. The van der Waals surface area contributed by atoms with Gasteiger partial charge in [-0.05, 0) is 74.2 Å². The monoisotopic (exact) mass is 388 g/mol. The average molecular weight is 388 g/mol. The van der Waals surface area contributed by atoms with Gasteiger partial charge in [0.1, 0.15) is 0 Å². The second-order valence-electron chi connectivity index (χ2n) is 6.85. The van der Waals surface area contributed by atoms with Crippen molar-refractivity contribution in [1.29, 1.82) is 0 Å². The Hall–Kier alpha value is -2.38. The summed E-state index contributed by atoms with van der Waals surface area (Å²) in [6.07, 6.45) is 2.03. The second-order valence-corrected chi connectivity index (χ2v) is 8.53. The van der Waals surface area contributed by atoms with Crippen molar-refractivity contribution >= 4 is 21.6 Å². The van der Waals surface area contributed by atoms with Crippen molar-refractivity contribution in [3.63, 3.8) is 0 Å². The molecular weight excluding hydrogens is 364 g/mol. The molecule has 1 saturated heterocycles. The highest BCUT2D eigenvalue weighted by Crippen LogP contribution is 2.19. The molecule has 2 N–H and O–H groups in total. The van der Waals surface area contributed by atoms with Gasteiger partial charge in [-0.2, -0.15) is 0 Å². The number of amides is 1. The lowest BCUT2D eigenvalue weighted by Gasteiger charge is -2.12. The highest BCUT2D eigenvalue weighted by molar-refractivity contribution is 7.92. The summed E-state index contributed by atoms with van der Waals surface area (Å²) < 4.78 is 33.2. The first-order valence-electron chi connectivity index (χ1n) is 8.94. The molecule has 3 rings (SSSR count). The van der Waals surface area contributed by atoms with Gasteiger partial charge in [-0.3, -0.25) is 9.52 Å². The number of rotatable bonds is 6. The van der Waals surface area contributed by atoms with Gasteiger partial charge in [0.2, 0.25) is 0 Å². The first-order valence-corrected chi connectivity index (χ1v) is 10.4. The minimum absolute atomic E-state index is 0.0654. The molecule has 144 valence electrons. The molecule has 1 heterocycles. The SMILES string of the molecule is Cc1cc(C)cc(NS(=O)(=O)c2ccc(C(=O)NCC3CCCO3)cc2)c1. The molecule has 0 aromatic heterocycles. The van der Waals surface area contributed by atoms with Crippen LogP contribution >= 0.6 is 0 Å². The third kappa shape index (κ3) is 5.08. The molecule has 0 aliphatic carbocycles. The minimum Gasteiger partial charge on any atom is -0.376 e. The van der Waals surface area contributed by atoms with Crippen LogP contribution in [0.15, 0.2) is 47.4 Å². The topological polar surface area (TPSA) is 84.5 Å². The Kier molecular flexibility index (Phi) is 5.82. The van der Waals surface area contributed by atoms with E-state index in [1.54, 1.807) is 12.1 Å². The van der Waals surface area contributed by atoms with Crippen molar-refractivity contribution in [1.82, 2.24) is 5.32 Å². The molecule has 27 heavy (non-hydrogen) atoms. The van der Waals surface area contributed by atoms with Crippen LogP contribution in [-0.2, 0) is 14.8 Å². The van der Waals surface area contributed by atoms with Gasteiger partial charge in [0.25, 0.3) is 15.9 Å². The molecule has 0 radical (unpaired) electrons. The molecule has 2 aromatic carbocycles. The number of benzene rings is 2. The Labute approximate surface area is 160 Å². The van der Waals surface area contributed by atoms with E-state index in [0.29, 0.717) is 17.8 Å². The summed E-state index contributed by atoms with van der Waals surface area (Å²) >= 11 is 0. The molecule has 1 atom stereocenters. The Bertz CT molecular complexity index is 897. The van der Waals surface area contributed by atoms with E-state index in [1.165, 1.54) is 24.3 Å². The number of anilines is 1. The summed E-state index contributed by atoms with van der Waals surface area (Å²) in [6, 6.07) is 11.4. The van der Waals surface area contributed by atoms with Crippen molar-refractivity contribution < 1.29 is 17.9 Å². The number of hydrogen-bond donors (Lipinski definition) is 2. The van der Waals surface area contributed by atoms with Crippen LogP contribution in [0.3, 0.4) is 0 Å². The smallest absolute Gasteiger partial charge is 0.261 e. The molecule has 0 bridgehead atoms. The molecule has 1 unspecified atom stereocenters. The van der Waals surface area contributed by atoms with E-state index in [-0.39, 0.29) is 16.9 Å². The predicted molar refractivity (Wildman–Crippen MR) is 104 cm³/mol. The Morgan fingerprint density at radius 2 is 1.78 bits per heavy atom. The highest BCUT2D eigenvalue weighted by Gasteiger charge is 2.18. The fraction of sp³-hybridized carbons (Fsp3) is 0.350. The molecule has 1 amide bonds. The van der Waals surface area contributed by atoms with Gasteiger partial charge in [-0.25, -0.2) is 8.42 Å². The number of carbonyl (C=O) groups excluding carboxylic acids is 1. The van der Waals surface area contributed by atoms with Crippen molar-refractivity contribution in [3.8, 4) is 0 Å². The van der Waals surface area contributed by atoms with Crippen molar-refractivity contribution in [2.75, 3.05) is 17.9 Å². The number of nitrogens with one attached hydrogen (secondary N) is 2. The minimum atomic E-state index is -3.72. The van der Waals surface area contributed by atoms with Crippen LogP contribution in [-0.4, -0.2) is 33.6 Å². The number of carbonyl (C=O) groups is 1. The summed E-state index contributed by atoms with van der Waals surface area (Å²) in [5.41, 5.74) is 2.89. The zero-order chi connectivity index (χ0) is 19.4. The van der Waals surface area contributed by atoms with E-state index in [9.17, 15) is 13.2 Å². The van der Waals surface area contributed by atoms with Crippen LogP contribution < -0.4 is 10.0 Å². The van der Waals surface area contributed by atoms with E-state index in [0.717, 1.165) is 30.6 Å². The summed E-state index contributed by atoms with van der Waals surface area (Å²) in [5, 5.41) is 2.82. The number of aryl methyl sites for hydroxylation is 2. The molecular formula is C20H24N2O4S. The van der Waals surface area contributed by atoms with E-state index in [1.807, 2.05) is 19.9 Å². The molecule has 6 nitrogen and oxygen atoms in total. The van der Waals surface area contributed by atoms with Crippen LogP contribution in [0, 0.1) is 13.8 Å². The lowest BCUT2D eigenvalue weighted by Crippen LogP contribution is -2.31. The predicted octanol–water partition coefficient (Wildman–Crippen LogP) is 3.01. The Morgan fingerprint density at radius 3 is 2.37 bits per heavy atom. The van der Waals surface area contributed by atoms with Gasteiger partial charge < -0.3 is 10.1 Å². The van der Waals surface area contributed by atoms with Crippen molar-refractivity contribution in [2.24, 2.45) is 0 Å². The third-order valence-electron chi connectivity index (χ3n) is 4.41. The summed E-state index contributed by atoms with van der Waals surface area (Å²) in [7, 11) is -3.72. The van der Waals surface area contributed by atoms with E-state index in [4.69, 9.17) is 4.74 Å². The van der Waals surface area contributed by atoms with Crippen LogP contribution in [0.25, 0.3) is 0 Å². The van der Waals surface area contributed by atoms with Crippen LogP contribution in [0.1, 0.15) is 34.3 Å². The van der Waals surface area contributed by atoms with Gasteiger partial charge in [-0.15, -0.1) is 0 Å². The average Bonchev–Trinajstić information content (AvgIpc) is 3.12. The molecule has 2 aromatic rings. The quantitative estimate of drug-likeness (QED) is 0.797. The molecule has 7 heteroatoms.